The molecule has 1 aromatic rings. The molecule has 94 valence electrons. The molecule has 0 amide bonds. The van der Waals surface area contributed by atoms with Gasteiger partial charge in [0.15, 0.2) is 0 Å². The number of anilines is 1. The predicted octanol–water partition coefficient (Wildman–Crippen LogP) is 3.66. The maximum atomic E-state index is 6.17. The largest absolute Gasteiger partial charge is 0.377 e. The van der Waals surface area contributed by atoms with E-state index in [1.165, 1.54) is 0 Å². The van der Waals surface area contributed by atoms with Gasteiger partial charge in [-0.2, -0.15) is 0 Å². The van der Waals surface area contributed by atoms with E-state index in [-0.39, 0.29) is 10.7 Å². The zero-order valence-electron chi connectivity index (χ0n) is 9.64. The molecular weight excluding hydrogens is 282 g/mol. The number of ether oxygens (including phenoxy) is 1. The Morgan fingerprint density at radius 1 is 1.29 bits per heavy atom. The highest BCUT2D eigenvalue weighted by molar-refractivity contribution is 6.42. The van der Waals surface area contributed by atoms with E-state index in [1.807, 2.05) is 0 Å². The van der Waals surface area contributed by atoms with Crippen LogP contribution in [0.5, 0.6) is 0 Å². The summed E-state index contributed by atoms with van der Waals surface area (Å²) in [5, 5.41) is 1.15. The summed E-state index contributed by atoms with van der Waals surface area (Å²) in [4.78, 5) is 6.36. The maximum absolute atomic E-state index is 6.17. The summed E-state index contributed by atoms with van der Waals surface area (Å²) in [7, 11) is 0. The lowest BCUT2D eigenvalue weighted by Gasteiger charge is -2.43. The zero-order valence-corrected chi connectivity index (χ0v) is 11.9. The molecule has 0 aromatic carbocycles. The zero-order chi connectivity index (χ0) is 12.6. The van der Waals surface area contributed by atoms with Crippen LogP contribution in [-0.4, -0.2) is 30.3 Å². The van der Waals surface area contributed by atoms with Gasteiger partial charge in [0.05, 0.1) is 28.8 Å². The fourth-order valence-electron chi connectivity index (χ4n) is 1.88. The van der Waals surface area contributed by atoms with Crippen LogP contribution in [-0.2, 0) is 4.74 Å². The molecule has 2 heterocycles. The molecule has 1 saturated heterocycles. The summed E-state index contributed by atoms with van der Waals surface area (Å²) in [5.41, 5.74) is -0.161. The van der Waals surface area contributed by atoms with Crippen LogP contribution in [0.25, 0.3) is 0 Å². The molecule has 1 aliphatic rings. The molecule has 0 radical (unpaired) electrons. The van der Waals surface area contributed by atoms with Crippen molar-refractivity contribution in [2.45, 2.75) is 19.4 Å². The van der Waals surface area contributed by atoms with Crippen LogP contribution in [0.1, 0.15) is 13.8 Å². The van der Waals surface area contributed by atoms with E-state index in [0.717, 1.165) is 6.54 Å². The molecule has 3 nitrogen and oxygen atoms in total. The van der Waals surface area contributed by atoms with Crippen LogP contribution in [0.3, 0.4) is 0 Å². The van der Waals surface area contributed by atoms with Crippen molar-refractivity contribution in [3.63, 3.8) is 0 Å². The monoisotopic (exact) mass is 294 g/mol. The number of rotatable bonds is 1. The van der Waals surface area contributed by atoms with Crippen molar-refractivity contribution in [1.82, 2.24) is 4.98 Å². The Bertz CT molecular complexity index is 437. The second-order valence-electron chi connectivity index (χ2n) is 4.58. The third-order valence-corrected chi connectivity index (χ3v) is 3.72. The molecule has 0 N–H and O–H groups in total. The number of pyridine rings is 1. The van der Waals surface area contributed by atoms with Crippen molar-refractivity contribution in [1.29, 1.82) is 0 Å². The summed E-state index contributed by atoms with van der Waals surface area (Å²) in [6, 6.07) is 1.62. The molecule has 0 aliphatic carbocycles. The number of aromatic nitrogens is 1. The SMILES string of the molecule is CC1(C)COCCN1c1nc(Cl)c(Cl)cc1Cl. The van der Waals surface area contributed by atoms with Crippen LogP contribution >= 0.6 is 34.8 Å². The number of nitrogens with zero attached hydrogens (tertiary/aromatic N) is 2. The van der Waals surface area contributed by atoms with Gasteiger partial charge in [0, 0.05) is 6.54 Å². The molecule has 1 aliphatic heterocycles. The number of morpholine rings is 1. The molecule has 0 spiro atoms. The lowest BCUT2D eigenvalue weighted by molar-refractivity contribution is 0.0639. The Hall–Kier alpha value is -0.220. The molecule has 0 unspecified atom stereocenters. The molecule has 0 atom stereocenters. The van der Waals surface area contributed by atoms with Crippen molar-refractivity contribution < 1.29 is 4.74 Å². The van der Waals surface area contributed by atoms with Gasteiger partial charge in [-0.05, 0) is 19.9 Å². The van der Waals surface area contributed by atoms with Gasteiger partial charge in [0.1, 0.15) is 11.0 Å². The van der Waals surface area contributed by atoms with Gasteiger partial charge < -0.3 is 9.64 Å². The van der Waals surface area contributed by atoms with E-state index in [2.05, 4.69) is 23.7 Å². The molecule has 0 bridgehead atoms. The second-order valence-corrected chi connectivity index (χ2v) is 5.76. The van der Waals surface area contributed by atoms with Crippen LogP contribution in [0, 0.1) is 0 Å². The van der Waals surface area contributed by atoms with E-state index in [0.29, 0.717) is 29.1 Å². The van der Waals surface area contributed by atoms with Crippen LogP contribution in [0.15, 0.2) is 6.07 Å². The van der Waals surface area contributed by atoms with E-state index >= 15 is 0 Å². The van der Waals surface area contributed by atoms with E-state index < -0.39 is 0 Å². The van der Waals surface area contributed by atoms with Gasteiger partial charge in [-0.25, -0.2) is 4.98 Å². The molecule has 17 heavy (non-hydrogen) atoms. The van der Waals surface area contributed by atoms with E-state index in [4.69, 9.17) is 39.5 Å². The molecule has 1 fully saturated rings. The summed E-state index contributed by atoms with van der Waals surface area (Å²) in [6.07, 6.45) is 0. The quantitative estimate of drug-likeness (QED) is 0.739. The maximum Gasteiger partial charge on any atom is 0.150 e. The van der Waals surface area contributed by atoms with Crippen molar-refractivity contribution in [2.75, 3.05) is 24.7 Å². The second kappa shape index (κ2) is 4.81. The van der Waals surface area contributed by atoms with Gasteiger partial charge >= 0.3 is 0 Å². The fraction of sp³-hybridized carbons (Fsp3) is 0.545. The first-order valence-corrected chi connectivity index (χ1v) is 6.42. The molecule has 2 rings (SSSR count). The van der Waals surface area contributed by atoms with Gasteiger partial charge in [-0.3, -0.25) is 0 Å². The number of hydrogen-bond donors (Lipinski definition) is 0. The lowest BCUT2D eigenvalue weighted by atomic mass is 10.0. The minimum Gasteiger partial charge on any atom is -0.377 e. The van der Waals surface area contributed by atoms with Crippen molar-refractivity contribution in [3.05, 3.63) is 21.3 Å². The molecule has 1 aromatic heterocycles. The fourth-order valence-corrected chi connectivity index (χ4v) is 2.47. The topological polar surface area (TPSA) is 25.4 Å². The summed E-state index contributed by atoms with van der Waals surface area (Å²) in [5.74, 6) is 0.661. The number of hydrogen-bond acceptors (Lipinski definition) is 3. The molecule has 6 heteroatoms. The van der Waals surface area contributed by atoms with Crippen molar-refractivity contribution in [2.24, 2.45) is 0 Å². The summed E-state index contributed by atoms with van der Waals surface area (Å²) >= 11 is 18.0. The first-order valence-electron chi connectivity index (χ1n) is 5.29. The van der Waals surface area contributed by atoms with E-state index in [9.17, 15) is 0 Å². The molecular formula is C11H13Cl3N2O. The van der Waals surface area contributed by atoms with Crippen LogP contribution in [0.4, 0.5) is 5.82 Å². The van der Waals surface area contributed by atoms with Gasteiger partial charge in [-0.1, -0.05) is 34.8 Å². The Labute approximate surface area is 116 Å². The normalized spacial score (nSPS) is 19.5. The standard InChI is InChI=1S/C11H13Cl3N2O/c1-11(2)6-17-4-3-16(11)10-8(13)5-7(12)9(14)15-10/h5H,3-4,6H2,1-2H3. The van der Waals surface area contributed by atoms with Crippen molar-refractivity contribution in [3.8, 4) is 0 Å². The Balaban J connectivity index is 2.42. The first-order chi connectivity index (χ1) is 7.92. The first kappa shape index (κ1) is 13.2. The van der Waals surface area contributed by atoms with Gasteiger partial charge in [0.25, 0.3) is 0 Å². The van der Waals surface area contributed by atoms with Crippen LogP contribution < -0.4 is 4.90 Å². The number of halogens is 3. The minimum absolute atomic E-state index is 0.161. The van der Waals surface area contributed by atoms with Gasteiger partial charge in [0.2, 0.25) is 0 Å². The highest BCUT2D eigenvalue weighted by atomic mass is 35.5. The predicted molar refractivity (Wildman–Crippen MR) is 71.5 cm³/mol. The molecule has 0 saturated carbocycles. The highest BCUT2D eigenvalue weighted by Crippen LogP contribution is 2.35. The average molecular weight is 296 g/mol. The summed E-state index contributed by atoms with van der Waals surface area (Å²) < 4.78 is 5.46. The van der Waals surface area contributed by atoms with Crippen LogP contribution in [0.2, 0.25) is 15.2 Å². The van der Waals surface area contributed by atoms with Crippen molar-refractivity contribution >= 4 is 40.6 Å². The highest BCUT2D eigenvalue weighted by Gasteiger charge is 2.33. The third-order valence-electron chi connectivity index (χ3n) is 2.77. The third kappa shape index (κ3) is 2.63. The smallest absolute Gasteiger partial charge is 0.150 e. The lowest BCUT2D eigenvalue weighted by Crippen LogP contribution is -2.53. The minimum atomic E-state index is -0.161. The van der Waals surface area contributed by atoms with E-state index in [1.54, 1.807) is 6.07 Å². The average Bonchev–Trinajstić information content (AvgIpc) is 2.23. The Morgan fingerprint density at radius 2 is 2.00 bits per heavy atom. The van der Waals surface area contributed by atoms with Gasteiger partial charge in [-0.15, -0.1) is 0 Å². The Kier molecular flexibility index (Phi) is 3.74. The summed E-state index contributed by atoms with van der Waals surface area (Å²) in [6.45, 7) is 6.17. The Morgan fingerprint density at radius 3 is 2.65 bits per heavy atom.